The zero-order chi connectivity index (χ0) is 30.2. The molecule has 42 heavy (non-hydrogen) atoms. The quantitative estimate of drug-likeness (QED) is 0.262. The molecule has 0 saturated carbocycles. The topological polar surface area (TPSA) is 125 Å². The van der Waals surface area contributed by atoms with Gasteiger partial charge < -0.3 is 24.7 Å². The van der Waals surface area contributed by atoms with Gasteiger partial charge in [-0.15, -0.1) is 0 Å². The molecule has 0 aliphatic carbocycles. The molecule has 4 aromatic rings. The highest BCUT2D eigenvalue weighted by molar-refractivity contribution is 5.99. The number of nitrogens with one attached hydrogen (secondary N) is 1. The van der Waals surface area contributed by atoms with Gasteiger partial charge in [-0.2, -0.15) is 4.98 Å². The van der Waals surface area contributed by atoms with Crippen LogP contribution in [0.4, 0.5) is 5.69 Å². The lowest BCUT2D eigenvalue weighted by Gasteiger charge is -2.29. The Bertz CT molecular complexity index is 1490. The molecule has 2 aromatic heterocycles. The van der Waals surface area contributed by atoms with Crippen LogP contribution in [0.3, 0.4) is 0 Å². The monoisotopic (exact) mass is 570 g/mol. The minimum atomic E-state index is -0.893. The molecule has 0 radical (unpaired) electrons. The highest BCUT2D eigenvalue weighted by Crippen LogP contribution is 2.20. The largest absolute Gasteiger partial charge is 0.389 e. The van der Waals surface area contributed by atoms with Gasteiger partial charge in [0.1, 0.15) is 0 Å². The minimum absolute atomic E-state index is 0.143. The zero-order valence-electron chi connectivity index (χ0n) is 24.7. The predicted molar refractivity (Wildman–Crippen MR) is 160 cm³/mol. The van der Waals surface area contributed by atoms with Crippen molar-refractivity contribution < 1.29 is 19.2 Å². The summed E-state index contributed by atoms with van der Waals surface area (Å²) < 4.78 is 5.12. The van der Waals surface area contributed by atoms with Crippen LogP contribution in [-0.4, -0.2) is 69.7 Å². The number of aliphatic hydroxyl groups is 1. The van der Waals surface area contributed by atoms with Crippen LogP contribution in [0.5, 0.6) is 0 Å². The highest BCUT2D eigenvalue weighted by atomic mass is 16.5. The van der Waals surface area contributed by atoms with Crippen molar-refractivity contribution >= 4 is 17.5 Å². The van der Waals surface area contributed by atoms with Crippen LogP contribution in [-0.2, 0) is 13.0 Å². The highest BCUT2D eigenvalue weighted by Gasteiger charge is 2.25. The van der Waals surface area contributed by atoms with E-state index in [9.17, 15) is 14.7 Å². The summed E-state index contributed by atoms with van der Waals surface area (Å²) in [5, 5.41) is 18.1. The molecule has 2 N–H and O–H groups in total. The number of nitrogens with zero attached hydrogens (tertiary/aromatic N) is 5. The van der Waals surface area contributed by atoms with E-state index in [2.05, 4.69) is 40.4 Å². The molecule has 0 unspecified atom stereocenters. The second-order valence-corrected chi connectivity index (χ2v) is 10.8. The van der Waals surface area contributed by atoms with Crippen molar-refractivity contribution in [3.05, 3.63) is 107 Å². The van der Waals surface area contributed by atoms with Crippen LogP contribution in [0.1, 0.15) is 63.3 Å². The van der Waals surface area contributed by atoms with Crippen LogP contribution in [0.25, 0.3) is 0 Å². The van der Waals surface area contributed by atoms with Gasteiger partial charge in [0.25, 0.3) is 11.8 Å². The second-order valence-electron chi connectivity index (χ2n) is 10.8. The molecule has 0 spiro atoms. The second kappa shape index (κ2) is 13.9. The van der Waals surface area contributed by atoms with Gasteiger partial charge in [0.2, 0.25) is 5.89 Å². The molecule has 10 heteroatoms. The van der Waals surface area contributed by atoms with Gasteiger partial charge in [-0.05, 0) is 54.7 Å². The SMILES string of the molecule is Cc1noc(CN(C)C(=O)c2cccc(C(=O)N[C@@H](Cc3ccccc3)[C@H](O)CN(C)c3cncc(C(C)C)c3)c2)n1. The number of amides is 2. The van der Waals surface area contributed by atoms with Gasteiger partial charge in [0, 0.05) is 38.0 Å². The molecule has 2 amide bonds. The number of aliphatic hydroxyl groups excluding tert-OH is 1. The first-order valence-corrected chi connectivity index (χ1v) is 13.9. The third-order valence-electron chi connectivity index (χ3n) is 7.05. The first-order valence-electron chi connectivity index (χ1n) is 13.9. The van der Waals surface area contributed by atoms with Gasteiger partial charge in [-0.1, -0.05) is 55.4 Å². The molecule has 0 aliphatic heterocycles. The fraction of sp³-hybridized carbons (Fsp3) is 0.344. The number of anilines is 1. The average Bonchev–Trinajstić information content (AvgIpc) is 3.40. The third kappa shape index (κ3) is 8.01. The molecule has 10 nitrogen and oxygen atoms in total. The molecule has 2 heterocycles. The first kappa shape index (κ1) is 30.4. The van der Waals surface area contributed by atoms with E-state index in [4.69, 9.17) is 4.52 Å². The molecular weight excluding hydrogens is 532 g/mol. The number of aryl methyl sites for hydroxylation is 1. The summed E-state index contributed by atoms with van der Waals surface area (Å²) in [6.07, 6.45) is 3.15. The molecule has 2 aromatic carbocycles. The molecule has 4 rings (SSSR count). The maximum absolute atomic E-state index is 13.5. The lowest BCUT2D eigenvalue weighted by molar-refractivity contribution is 0.0769. The number of carbonyl (C=O) groups is 2. The predicted octanol–water partition coefficient (Wildman–Crippen LogP) is 4.01. The summed E-state index contributed by atoms with van der Waals surface area (Å²) in [6, 6.07) is 17.7. The summed E-state index contributed by atoms with van der Waals surface area (Å²) in [5.74, 6) is 0.466. The normalized spacial score (nSPS) is 12.5. The Morgan fingerprint density at radius 2 is 1.74 bits per heavy atom. The van der Waals surface area contributed by atoms with Crippen LogP contribution in [0.15, 0.2) is 77.6 Å². The van der Waals surface area contributed by atoms with E-state index in [-0.39, 0.29) is 24.9 Å². The van der Waals surface area contributed by atoms with E-state index < -0.39 is 12.1 Å². The van der Waals surface area contributed by atoms with Gasteiger partial charge in [0.15, 0.2) is 5.82 Å². The minimum Gasteiger partial charge on any atom is -0.389 e. The van der Waals surface area contributed by atoms with Crippen molar-refractivity contribution in [1.82, 2.24) is 25.3 Å². The zero-order valence-corrected chi connectivity index (χ0v) is 24.7. The van der Waals surface area contributed by atoms with Crippen molar-refractivity contribution in [2.75, 3.05) is 25.5 Å². The molecule has 220 valence electrons. The van der Waals surface area contributed by atoms with Crippen molar-refractivity contribution in [2.45, 2.75) is 51.8 Å². The number of rotatable bonds is 12. The van der Waals surface area contributed by atoms with E-state index >= 15 is 0 Å². The average molecular weight is 571 g/mol. The number of benzene rings is 2. The van der Waals surface area contributed by atoms with Crippen molar-refractivity contribution in [2.24, 2.45) is 0 Å². The Morgan fingerprint density at radius 3 is 2.43 bits per heavy atom. The van der Waals surface area contributed by atoms with E-state index in [0.29, 0.717) is 35.2 Å². The number of hydrogen-bond donors (Lipinski definition) is 2. The standard InChI is InChI=1S/C32H38N6O4/c1-21(2)26-16-27(18-33-17-26)37(4)19-29(39)28(14-23-10-7-6-8-11-23)35-31(40)24-12-9-13-25(15-24)32(41)38(5)20-30-34-22(3)36-42-30/h6-13,15-18,21,28-29,39H,14,19-20H2,1-5H3,(H,35,40)/t28-,29+/m0/s1. The summed E-state index contributed by atoms with van der Waals surface area (Å²) in [7, 11) is 3.52. The van der Waals surface area contributed by atoms with Crippen molar-refractivity contribution in [3.63, 3.8) is 0 Å². The van der Waals surface area contributed by atoms with Crippen molar-refractivity contribution in [1.29, 1.82) is 0 Å². The number of hydrogen-bond acceptors (Lipinski definition) is 8. The van der Waals surface area contributed by atoms with E-state index in [1.807, 2.05) is 48.5 Å². The smallest absolute Gasteiger partial charge is 0.254 e. The molecule has 2 atom stereocenters. The molecule has 0 aliphatic rings. The Hall–Kier alpha value is -4.57. The molecule has 0 fully saturated rings. The molecule has 0 bridgehead atoms. The number of carbonyl (C=O) groups excluding carboxylic acids is 2. The molecule has 0 saturated heterocycles. The van der Waals surface area contributed by atoms with Crippen molar-refractivity contribution in [3.8, 4) is 0 Å². The van der Waals surface area contributed by atoms with Crippen LogP contribution >= 0.6 is 0 Å². The fourth-order valence-corrected chi connectivity index (χ4v) is 4.58. The summed E-state index contributed by atoms with van der Waals surface area (Å²) in [4.78, 5) is 38.4. The van der Waals surface area contributed by atoms with E-state index in [1.54, 1.807) is 44.4 Å². The Morgan fingerprint density at radius 1 is 1.00 bits per heavy atom. The Kier molecular flexibility index (Phi) is 10.0. The van der Waals surface area contributed by atoms with E-state index in [0.717, 1.165) is 16.8 Å². The lowest BCUT2D eigenvalue weighted by Crippen LogP contribution is -2.49. The van der Waals surface area contributed by atoms with E-state index in [1.165, 1.54) is 4.90 Å². The maximum atomic E-state index is 13.5. The molecular formula is C32H38N6O4. The number of aromatic nitrogens is 3. The summed E-state index contributed by atoms with van der Waals surface area (Å²) in [6.45, 7) is 6.34. The number of pyridine rings is 1. The van der Waals surface area contributed by atoms with Gasteiger partial charge in [-0.25, -0.2) is 0 Å². The van der Waals surface area contributed by atoms with Crippen LogP contribution < -0.4 is 10.2 Å². The third-order valence-corrected chi connectivity index (χ3v) is 7.05. The lowest BCUT2D eigenvalue weighted by atomic mass is 9.99. The maximum Gasteiger partial charge on any atom is 0.254 e. The van der Waals surface area contributed by atoms with Gasteiger partial charge in [-0.3, -0.25) is 14.6 Å². The number of likely N-dealkylation sites (N-methyl/N-ethyl adjacent to an activating group) is 1. The van der Waals surface area contributed by atoms with Gasteiger partial charge >= 0.3 is 0 Å². The Balaban J connectivity index is 1.49. The van der Waals surface area contributed by atoms with Gasteiger partial charge in [0.05, 0.1) is 30.6 Å². The van der Waals surface area contributed by atoms with Crippen LogP contribution in [0.2, 0.25) is 0 Å². The summed E-state index contributed by atoms with van der Waals surface area (Å²) >= 11 is 0. The first-order chi connectivity index (χ1) is 20.1. The summed E-state index contributed by atoms with van der Waals surface area (Å²) in [5.41, 5.74) is 3.63. The van der Waals surface area contributed by atoms with Crippen LogP contribution in [0, 0.1) is 6.92 Å². The Labute approximate surface area is 246 Å². The fourth-order valence-electron chi connectivity index (χ4n) is 4.58.